The van der Waals surface area contributed by atoms with Gasteiger partial charge in [-0.25, -0.2) is 9.38 Å². The van der Waals surface area contributed by atoms with Crippen molar-refractivity contribution in [2.24, 2.45) is 0 Å². The zero-order valence-corrected chi connectivity index (χ0v) is 18.7. The molecule has 160 valence electrons. The van der Waals surface area contributed by atoms with Crippen molar-refractivity contribution in [3.05, 3.63) is 98.3 Å². The number of fused-ring (bicyclic) bond motifs is 3. The summed E-state index contributed by atoms with van der Waals surface area (Å²) in [6.07, 6.45) is 1.89. The van der Waals surface area contributed by atoms with Crippen LogP contribution in [0.1, 0.15) is 16.7 Å². The number of aryl methyl sites for hydroxylation is 2. The molecule has 0 radical (unpaired) electrons. The lowest BCUT2D eigenvalue weighted by molar-refractivity contribution is 0.216. The Morgan fingerprint density at radius 2 is 1.75 bits per heavy atom. The predicted molar refractivity (Wildman–Crippen MR) is 129 cm³/mol. The molecule has 2 aromatic heterocycles. The smallest absolute Gasteiger partial charge is 0.274 e. The first kappa shape index (κ1) is 20.3. The van der Waals surface area contributed by atoms with Crippen LogP contribution < -0.4 is 19.6 Å². The molecule has 0 aliphatic rings. The number of aromatic nitrogens is 2. The van der Waals surface area contributed by atoms with E-state index in [9.17, 15) is 4.79 Å². The van der Waals surface area contributed by atoms with Crippen molar-refractivity contribution in [2.75, 3.05) is 13.2 Å². The second kappa shape index (κ2) is 8.48. The zero-order valence-electron chi connectivity index (χ0n) is 17.9. The number of rotatable bonds is 6. The molecule has 2 heterocycles. The lowest BCUT2D eigenvalue weighted by Crippen LogP contribution is -2.22. The first-order valence-electron chi connectivity index (χ1n) is 10.4. The number of hydrogen-bond donors (Lipinski definition) is 0. The number of hydrogen-bond acceptors (Lipinski definition) is 5. The quantitative estimate of drug-likeness (QED) is 0.363. The average Bonchev–Trinajstić information content (AvgIpc) is 3.30. The molecule has 5 rings (SSSR count). The number of thiazole rings is 1. The molecular weight excluding hydrogens is 420 g/mol. The van der Waals surface area contributed by atoms with Crippen molar-refractivity contribution in [2.45, 2.75) is 13.8 Å². The van der Waals surface area contributed by atoms with Gasteiger partial charge in [0.25, 0.3) is 5.56 Å². The fraction of sp³-hybridized carbons (Fsp3) is 0.154. The van der Waals surface area contributed by atoms with Crippen LogP contribution in [0, 0.1) is 13.8 Å². The van der Waals surface area contributed by atoms with Gasteiger partial charge in [-0.2, -0.15) is 0 Å². The van der Waals surface area contributed by atoms with E-state index in [1.807, 2.05) is 73.7 Å². The number of benzene rings is 3. The van der Waals surface area contributed by atoms with E-state index in [1.54, 1.807) is 4.40 Å². The van der Waals surface area contributed by atoms with E-state index >= 15 is 0 Å². The Morgan fingerprint density at radius 1 is 0.969 bits per heavy atom. The Hall–Kier alpha value is -3.64. The van der Waals surface area contributed by atoms with Crippen LogP contribution in [0.2, 0.25) is 0 Å². The maximum absolute atomic E-state index is 12.9. The molecule has 0 spiro atoms. The summed E-state index contributed by atoms with van der Waals surface area (Å²) < 4.78 is 13.9. The Bertz CT molecular complexity index is 1520. The highest BCUT2D eigenvalue weighted by Crippen LogP contribution is 2.19. The Morgan fingerprint density at radius 3 is 2.56 bits per heavy atom. The molecule has 0 N–H and O–H groups in total. The molecule has 0 atom stereocenters. The zero-order chi connectivity index (χ0) is 22.1. The average molecular weight is 443 g/mol. The third-order valence-corrected chi connectivity index (χ3v) is 6.23. The highest BCUT2D eigenvalue weighted by atomic mass is 32.1. The molecule has 5 nitrogen and oxygen atoms in total. The second-order valence-corrected chi connectivity index (χ2v) is 8.68. The van der Waals surface area contributed by atoms with E-state index in [0.717, 1.165) is 33.7 Å². The normalized spacial score (nSPS) is 12.0. The fourth-order valence-electron chi connectivity index (χ4n) is 3.70. The van der Waals surface area contributed by atoms with Crippen LogP contribution >= 0.6 is 11.3 Å². The standard InChI is InChI=1S/C26H22N2O3S/c1-17-7-12-23(18(2)15-17)31-14-13-30-20-10-8-19(9-11-20)16-24-25(29)28-22-6-4-3-5-21(22)27-26(28)32-24/h3-12,15-16H,13-14H2,1-2H3/b24-16-. The van der Waals surface area contributed by atoms with Gasteiger partial charge >= 0.3 is 0 Å². The first-order chi connectivity index (χ1) is 15.6. The van der Waals surface area contributed by atoms with Gasteiger partial charge in [0.1, 0.15) is 24.7 Å². The van der Waals surface area contributed by atoms with Crippen LogP contribution in [0.5, 0.6) is 11.5 Å². The van der Waals surface area contributed by atoms with Crippen molar-refractivity contribution < 1.29 is 9.47 Å². The van der Waals surface area contributed by atoms with Gasteiger partial charge in [-0.15, -0.1) is 0 Å². The van der Waals surface area contributed by atoms with E-state index in [-0.39, 0.29) is 5.56 Å². The third kappa shape index (κ3) is 3.97. The number of nitrogens with zero attached hydrogens (tertiary/aromatic N) is 2. The highest BCUT2D eigenvalue weighted by Gasteiger charge is 2.10. The summed E-state index contributed by atoms with van der Waals surface area (Å²) >= 11 is 1.40. The van der Waals surface area contributed by atoms with Gasteiger partial charge in [0.05, 0.1) is 15.6 Å². The van der Waals surface area contributed by atoms with Gasteiger partial charge in [-0.3, -0.25) is 4.79 Å². The summed E-state index contributed by atoms with van der Waals surface area (Å²) in [4.78, 5) is 18.1. The van der Waals surface area contributed by atoms with Crippen molar-refractivity contribution >= 4 is 33.4 Å². The minimum atomic E-state index is -0.0393. The first-order valence-corrected chi connectivity index (χ1v) is 11.2. The van der Waals surface area contributed by atoms with Gasteiger partial charge < -0.3 is 9.47 Å². The van der Waals surface area contributed by atoms with Crippen LogP contribution in [0.3, 0.4) is 0 Å². The molecule has 6 heteroatoms. The topological polar surface area (TPSA) is 52.8 Å². The lowest BCUT2D eigenvalue weighted by atomic mass is 10.1. The van der Waals surface area contributed by atoms with E-state index in [1.165, 1.54) is 16.9 Å². The van der Waals surface area contributed by atoms with E-state index in [4.69, 9.17) is 9.47 Å². The summed E-state index contributed by atoms with van der Waals surface area (Å²) in [5.41, 5.74) is 4.92. The molecule has 3 aromatic carbocycles. The Labute approximate surface area is 189 Å². The number of para-hydroxylation sites is 2. The van der Waals surface area contributed by atoms with Gasteiger partial charge in [-0.05, 0) is 61.4 Å². The molecule has 5 aromatic rings. The van der Waals surface area contributed by atoms with Gasteiger partial charge in [0, 0.05) is 0 Å². The fourth-order valence-corrected chi connectivity index (χ4v) is 4.68. The Kier molecular flexibility index (Phi) is 5.37. The summed E-state index contributed by atoms with van der Waals surface area (Å²) in [6, 6.07) is 21.5. The minimum Gasteiger partial charge on any atom is -0.490 e. The van der Waals surface area contributed by atoms with Gasteiger partial charge in [-0.1, -0.05) is 53.3 Å². The maximum atomic E-state index is 12.9. The summed E-state index contributed by atoms with van der Waals surface area (Å²) in [5.74, 6) is 1.65. The Balaban J connectivity index is 1.26. The van der Waals surface area contributed by atoms with E-state index < -0.39 is 0 Å². The van der Waals surface area contributed by atoms with Gasteiger partial charge in [0.15, 0.2) is 4.96 Å². The van der Waals surface area contributed by atoms with Crippen molar-refractivity contribution in [1.29, 1.82) is 0 Å². The third-order valence-electron chi connectivity index (χ3n) is 5.26. The molecule has 32 heavy (non-hydrogen) atoms. The molecule has 0 aliphatic carbocycles. The van der Waals surface area contributed by atoms with E-state index in [2.05, 4.69) is 18.0 Å². The number of ether oxygens (including phenoxy) is 2. The van der Waals surface area contributed by atoms with E-state index in [0.29, 0.717) is 22.7 Å². The largest absolute Gasteiger partial charge is 0.490 e. The van der Waals surface area contributed by atoms with Gasteiger partial charge in [0.2, 0.25) is 0 Å². The maximum Gasteiger partial charge on any atom is 0.274 e. The van der Waals surface area contributed by atoms with Crippen LogP contribution in [0.4, 0.5) is 0 Å². The molecular formula is C26H22N2O3S. The molecule has 0 fully saturated rings. The van der Waals surface area contributed by atoms with Crippen molar-refractivity contribution in [3.63, 3.8) is 0 Å². The molecule has 0 bridgehead atoms. The monoisotopic (exact) mass is 442 g/mol. The van der Waals surface area contributed by atoms with Crippen molar-refractivity contribution in [1.82, 2.24) is 9.38 Å². The van der Waals surface area contributed by atoms with Crippen molar-refractivity contribution in [3.8, 4) is 11.5 Å². The molecule has 0 aliphatic heterocycles. The summed E-state index contributed by atoms with van der Waals surface area (Å²) in [5, 5.41) is 0. The molecule has 0 saturated heterocycles. The molecule has 0 saturated carbocycles. The predicted octanol–water partition coefficient (Wildman–Crippen LogP) is 4.53. The summed E-state index contributed by atoms with van der Waals surface area (Å²) in [7, 11) is 0. The second-order valence-electron chi connectivity index (χ2n) is 7.67. The summed E-state index contributed by atoms with van der Waals surface area (Å²) in [6.45, 7) is 5.03. The van der Waals surface area contributed by atoms with Crippen LogP contribution in [-0.4, -0.2) is 22.6 Å². The van der Waals surface area contributed by atoms with Crippen LogP contribution in [0.25, 0.3) is 22.1 Å². The number of imidazole rings is 1. The highest BCUT2D eigenvalue weighted by molar-refractivity contribution is 7.15. The minimum absolute atomic E-state index is 0.0393. The SMILES string of the molecule is Cc1ccc(OCCOc2ccc(/C=c3\sc4nc5ccccc5n4c3=O)cc2)c(C)c1. The van der Waals surface area contributed by atoms with Crippen LogP contribution in [-0.2, 0) is 0 Å². The molecule has 0 amide bonds. The lowest BCUT2D eigenvalue weighted by Gasteiger charge is -2.11. The molecule has 0 unspecified atom stereocenters. The van der Waals surface area contributed by atoms with Crippen LogP contribution in [0.15, 0.2) is 71.5 Å².